The first-order chi connectivity index (χ1) is 7.65. The molecule has 0 saturated heterocycles. The highest BCUT2D eigenvalue weighted by Gasteiger charge is 2.19. The quantitative estimate of drug-likeness (QED) is 0.846. The van der Waals surface area contributed by atoms with Gasteiger partial charge in [-0.1, -0.05) is 29.3 Å². The van der Waals surface area contributed by atoms with Gasteiger partial charge in [-0.05, 0) is 31.9 Å². The number of rotatable bonds is 4. The second kappa shape index (κ2) is 4.98. The van der Waals surface area contributed by atoms with Gasteiger partial charge in [-0.15, -0.1) is 0 Å². The van der Waals surface area contributed by atoms with Gasteiger partial charge in [-0.25, -0.2) is 4.39 Å². The Bertz CT molecular complexity index is 410. The van der Waals surface area contributed by atoms with Gasteiger partial charge >= 0.3 is 0 Å². The fourth-order valence-corrected chi connectivity index (χ4v) is 1.69. The van der Waals surface area contributed by atoms with Crippen LogP contribution in [0.1, 0.15) is 25.3 Å². The normalized spacial score (nSPS) is 16.6. The maximum absolute atomic E-state index is 13.5. The molecule has 0 atom stereocenters. The van der Waals surface area contributed by atoms with E-state index in [-0.39, 0.29) is 5.82 Å². The molecule has 1 aromatic carbocycles. The monoisotopic (exact) mass is 239 g/mol. The van der Waals surface area contributed by atoms with Gasteiger partial charge in [0.2, 0.25) is 0 Å². The lowest BCUT2D eigenvalue weighted by Crippen LogP contribution is -2.18. The van der Waals surface area contributed by atoms with Crippen molar-refractivity contribution in [2.75, 3.05) is 6.54 Å². The van der Waals surface area contributed by atoms with E-state index in [1.807, 2.05) is 13.0 Å². The highest BCUT2D eigenvalue weighted by molar-refractivity contribution is 6.30. The standard InChI is InChI=1S/C13H15ClFN/c1-9(8-16-12-4-5-12)6-10-2-3-11(14)7-13(10)15/h2-3,6-7,12,16H,4-5,8H2,1H3/b9-6-. The molecule has 0 radical (unpaired) electrons. The van der Waals surface area contributed by atoms with Crippen LogP contribution in [0.25, 0.3) is 6.08 Å². The second-order valence-electron chi connectivity index (χ2n) is 4.31. The zero-order chi connectivity index (χ0) is 11.5. The van der Waals surface area contributed by atoms with E-state index in [1.54, 1.807) is 12.1 Å². The summed E-state index contributed by atoms with van der Waals surface area (Å²) in [4.78, 5) is 0. The van der Waals surface area contributed by atoms with Gasteiger partial charge in [0, 0.05) is 23.2 Å². The number of nitrogens with one attached hydrogen (secondary N) is 1. The second-order valence-corrected chi connectivity index (χ2v) is 4.75. The summed E-state index contributed by atoms with van der Waals surface area (Å²) in [5.41, 5.74) is 1.73. The zero-order valence-corrected chi connectivity index (χ0v) is 10.0. The number of benzene rings is 1. The maximum Gasteiger partial charge on any atom is 0.131 e. The van der Waals surface area contributed by atoms with Gasteiger partial charge in [0.1, 0.15) is 5.82 Å². The van der Waals surface area contributed by atoms with Gasteiger partial charge in [-0.3, -0.25) is 0 Å². The van der Waals surface area contributed by atoms with Crippen LogP contribution < -0.4 is 5.32 Å². The Hall–Kier alpha value is -0.860. The summed E-state index contributed by atoms with van der Waals surface area (Å²) >= 11 is 5.69. The molecular weight excluding hydrogens is 225 g/mol. The summed E-state index contributed by atoms with van der Waals surface area (Å²) in [6, 6.07) is 5.43. The van der Waals surface area contributed by atoms with E-state index in [2.05, 4.69) is 5.32 Å². The van der Waals surface area contributed by atoms with Crippen molar-refractivity contribution >= 4 is 17.7 Å². The molecule has 1 fully saturated rings. The fourth-order valence-electron chi connectivity index (χ4n) is 1.53. The van der Waals surface area contributed by atoms with Crippen molar-refractivity contribution in [1.82, 2.24) is 5.32 Å². The van der Waals surface area contributed by atoms with Gasteiger partial charge < -0.3 is 5.32 Å². The minimum atomic E-state index is -0.265. The smallest absolute Gasteiger partial charge is 0.131 e. The predicted octanol–water partition coefficient (Wildman–Crippen LogP) is 3.63. The predicted molar refractivity (Wildman–Crippen MR) is 66.1 cm³/mol. The van der Waals surface area contributed by atoms with Crippen LogP contribution in [0.2, 0.25) is 5.02 Å². The third-order valence-electron chi connectivity index (χ3n) is 2.61. The minimum absolute atomic E-state index is 0.265. The molecule has 3 heteroatoms. The minimum Gasteiger partial charge on any atom is -0.310 e. The summed E-state index contributed by atoms with van der Waals surface area (Å²) in [5.74, 6) is -0.265. The topological polar surface area (TPSA) is 12.0 Å². The number of hydrogen-bond donors (Lipinski definition) is 1. The first-order valence-corrected chi connectivity index (χ1v) is 5.88. The molecule has 1 N–H and O–H groups in total. The van der Waals surface area contributed by atoms with Crippen LogP contribution >= 0.6 is 11.6 Å². The summed E-state index contributed by atoms with van der Waals surface area (Å²) in [6.45, 7) is 2.83. The van der Waals surface area contributed by atoms with Crippen molar-refractivity contribution in [3.05, 3.63) is 40.2 Å². The molecule has 0 bridgehead atoms. The van der Waals surface area contributed by atoms with E-state index >= 15 is 0 Å². The van der Waals surface area contributed by atoms with Crippen molar-refractivity contribution < 1.29 is 4.39 Å². The molecule has 1 aliphatic carbocycles. The molecule has 1 aliphatic rings. The third-order valence-corrected chi connectivity index (χ3v) is 2.85. The largest absolute Gasteiger partial charge is 0.310 e. The fraction of sp³-hybridized carbons (Fsp3) is 0.385. The first-order valence-electron chi connectivity index (χ1n) is 5.51. The van der Waals surface area contributed by atoms with Crippen LogP contribution in [0.15, 0.2) is 23.8 Å². The third kappa shape index (κ3) is 3.32. The lowest BCUT2D eigenvalue weighted by atomic mass is 10.1. The van der Waals surface area contributed by atoms with Crippen LogP contribution in [-0.4, -0.2) is 12.6 Å². The summed E-state index contributed by atoms with van der Waals surface area (Å²) in [5, 5.41) is 3.82. The highest BCUT2D eigenvalue weighted by atomic mass is 35.5. The average Bonchev–Trinajstić information content (AvgIpc) is 3.03. The molecule has 0 spiro atoms. The lowest BCUT2D eigenvalue weighted by molar-refractivity contribution is 0.625. The molecule has 1 saturated carbocycles. The Morgan fingerprint density at radius 1 is 1.56 bits per heavy atom. The van der Waals surface area contributed by atoms with E-state index in [0.717, 1.165) is 12.1 Å². The summed E-state index contributed by atoms with van der Waals surface area (Å²) < 4.78 is 13.5. The summed E-state index contributed by atoms with van der Waals surface area (Å²) in [6.07, 6.45) is 4.40. The Balaban J connectivity index is 2.01. The molecule has 0 amide bonds. The van der Waals surface area contributed by atoms with Crippen LogP contribution in [-0.2, 0) is 0 Å². The van der Waals surface area contributed by atoms with E-state index in [4.69, 9.17) is 11.6 Å². The molecule has 0 unspecified atom stereocenters. The van der Waals surface area contributed by atoms with E-state index < -0.39 is 0 Å². The maximum atomic E-state index is 13.5. The molecule has 86 valence electrons. The van der Waals surface area contributed by atoms with Crippen molar-refractivity contribution in [3.8, 4) is 0 Å². The Kier molecular flexibility index (Phi) is 3.62. The van der Waals surface area contributed by atoms with Crippen molar-refractivity contribution in [3.63, 3.8) is 0 Å². The zero-order valence-electron chi connectivity index (χ0n) is 9.26. The Morgan fingerprint density at radius 3 is 2.94 bits per heavy atom. The van der Waals surface area contributed by atoms with Crippen molar-refractivity contribution in [2.45, 2.75) is 25.8 Å². The summed E-state index contributed by atoms with van der Waals surface area (Å²) in [7, 11) is 0. The number of hydrogen-bond acceptors (Lipinski definition) is 1. The van der Waals surface area contributed by atoms with Gasteiger partial charge in [-0.2, -0.15) is 0 Å². The van der Waals surface area contributed by atoms with E-state index in [0.29, 0.717) is 16.6 Å². The Labute approximate surface area is 100 Å². The molecule has 2 rings (SSSR count). The van der Waals surface area contributed by atoms with Gasteiger partial charge in [0.25, 0.3) is 0 Å². The van der Waals surface area contributed by atoms with Gasteiger partial charge in [0.15, 0.2) is 0 Å². The SMILES string of the molecule is C/C(=C/c1ccc(Cl)cc1F)CNC1CC1. The first kappa shape index (κ1) is 11.6. The van der Waals surface area contributed by atoms with E-state index in [9.17, 15) is 4.39 Å². The molecule has 0 heterocycles. The van der Waals surface area contributed by atoms with Crippen LogP contribution in [0.4, 0.5) is 4.39 Å². The van der Waals surface area contributed by atoms with Crippen molar-refractivity contribution in [1.29, 1.82) is 0 Å². The molecule has 16 heavy (non-hydrogen) atoms. The van der Waals surface area contributed by atoms with Gasteiger partial charge in [0.05, 0.1) is 0 Å². The van der Waals surface area contributed by atoms with Crippen molar-refractivity contribution in [2.24, 2.45) is 0 Å². The van der Waals surface area contributed by atoms with E-state index in [1.165, 1.54) is 18.9 Å². The Morgan fingerprint density at radius 2 is 2.31 bits per heavy atom. The number of halogens is 2. The molecule has 1 nitrogen and oxygen atoms in total. The highest BCUT2D eigenvalue weighted by Crippen LogP contribution is 2.20. The molecule has 0 aromatic heterocycles. The van der Waals surface area contributed by atoms with Crippen LogP contribution in [0.3, 0.4) is 0 Å². The molecule has 1 aromatic rings. The average molecular weight is 240 g/mol. The van der Waals surface area contributed by atoms with Crippen LogP contribution in [0.5, 0.6) is 0 Å². The molecule has 0 aliphatic heterocycles. The lowest BCUT2D eigenvalue weighted by Gasteiger charge is -2.04. The molecular formula is C13H15ClFN. The van der Waals surface area contributed by atoms with Crippen LogP contribution in [0, 0.1) is 5.82 Å².